The highest BCUT2D eigenvalue weighted by atomic mass is 32.1. The second-order valence-electron chi connectivity index (χ2n) is 6.93. The summed E-state index contributed by atoms with van der Waals surface area (Å²) in [6.07, 6.45) is 3.61. The zero-order valence-corrected chi connectivity index (χ0v) is 18.8. The fraction of sp³-hybridized carbons (Fsp3) is 0.0370. The monoisotopic (exact) mass is 438 g/mol. The first-order chi connectivity index (χ1) is 15.3. The van der Waals surface area contributed by atoms with Crippen LogP contribution < -0.4 is 0 Å². The zero-order chi connectivity index (χ0) is 21.3. The summed E-state index contributed by atoms with van der Waals surface area (Å²) in [5, 5.41) is 10.2. The highest BCUT2D eigenvalue weighted by Gasteiger charge is 2.00. The van der Waals surface area contributed by atoms with Gasteiger partial charge in [0.1, 0.15) is 5.01 Å². The molecule has 2 heterocycles. The average molecular weight is 439 g/mol. The number of nitrogens with zero attached hydrogens (tertiary/aromatic N) is 2. The summed E-state index contributed by atoms with van der Waals surface area (Å²) < 4.78 is 0. The van der Waals surface area contributed by atoms with Crippen LogP contribution in [0, 0.1) is 6.92 Å². The van der Waals surface area contributed by atoms with Crippen LogP contribution in [0.25, 0.3) is 32.1 Å². The topological polar surface area (TPSA) is 25.8 Å². The maximum atomic E-state index is 4.31. The summed E-state index contributed by atoms with van der Waals surface area (Å²) in [4.78, 5) is 8.05. The number of hydrogen-bond donors (Lipinski definition) is 0. The molecule has 0 saturated carbocycles. The van der Waals surface area contributed by atoms with Crippen LogP contribution in [0.1, 0.15) is 5.56 Å². The molecule has 4 heteroatoms. The van der Waals surface area contributed by atoms with Crippen LogP contribution in [-0.4, -0.2) is 9.97 Å². The summed E-state index contributed by atoms with van der Waals surface area (Å²) in [5.41, 5.74) is 4.31. The number of hydrogen-bond acceptors (Lipinski definition) is 4. The molecule has 0 N–H and O–H groups in total. The van der Waals surface area contributed by atoms with Gasteiger partial charge < -0.3 is 0 Å². The summed E-state index contributed by atoms with van der Waals surface area (Å²) in [7, 11) is 0. The molecule has 0 aliphatic carbocycles. The van der Waals surface area contributed by atoms with E-state index in [1.807, 2.05) is 17.0 Å². The third kappa shape index (κ3) is 5.85. The lowest BCUT2D eigenvalue weighted by atomic mass is 10.1. The van der Waals surface area contributed by atoms with Crippen molar-refractivity contribution in [1.29, 1.82) is 0 Å². The Morgan fingerprint density at radius 3 is 1.90 bits per heavy atom. The van der Waals surface area contributed by atoms with Gasteiger partial charge in [-0.05, 0) is 34.5 Å². The summed E-state index contributed by atoms with van der Waals surface area (Å²) >= 11 is 3.28. The molecule has 2 aromatic heterocycles. The lowest BCUT2D eigenvalue weighted by molar-refractivity contribution is 1.42. The van der Waals surface area contributed by atoms with Crippen LogP contribution in [0.3, 0.4) is 0 Å². The first kappa shape index (κ1) is 20.9. The molecule has 0 unspecified atom stereocenters. The van der Waals surface area contributed by atoms with Gasteiger partial charge in [0, 0.05) is 28.7 Å². The predicted molar refractivity (Wildman–Crippen MR) is 136 cm³/mol. The molecule has 6 aromatic rings. The predicted octanol–water partition coefficient (Wildman–Crippen LogP) is 8.25. The van der Waals surface area contributed by atoms with E-state index < -0.39 is 0 Å². The molecule has 0 aliphatic rings. The first-order valence-corrected chi connectivity index (χ1v) is 11.8. The van der Waals surface area contributed by atoms with Gasteiger partial charge in [-0.2, -0.15) is 0 Å². The number of benzene rings is 4. The van der Waals surface area contributed by atoms with Gasteiger partial charge in [0.05, 0.1) is 5.51 Å². The number of fused-ring (bicyclic) bond motifs is 2. The van der Waals surface area contributed by atoms with Crippen molar-refractivity contribution in [3.63, 3.8) is 0 Å². The second-order valence-corrected chi connectivity index (χ2v) is 8.58. The molecular formula is C27H22N2S2. The minimum absolute atomic E-state index is 1.08. The molecule has 0 atom stereocenters. The van der Waals surface area contributed by atoms with Crippen LogP contribution >= 0.6 is 22.7 Å². The van der Waals surface area contributed by atoms with Gasteiger partial charge in [-0.25, -0.2) is 4.98 Å². The summed E-state index contributed by atoms with van der Waals surface area (Å²) in [5.74, 6) is 0. The molecule has 0 amide bonds. The van der Waals surface area contributed by atoms with Crippen molar-refractivity contribution in [2.75, 3.05) is 0 Å². The van der Waals surface area contributed by atoms with Crippen LogP contribution in [-0.2, 0) is 0 Å². The third-order valence-electron chi connectivity index (χ3n) is 4.68. The van der Waals surface area contributed by atoms with Crippen molar-refractivity contribution >= 4 is 44.2 Å². The number of rotatable bonds is 1. The molecule has 2 nitrogen and oxygen atoms in total. The fourth-order valence-corrected chi connectivity index (χ4v) is 4.16. The molecule has 0 spiro atoms. The van der Waals surface area contributed by atoms with E-state index in [4.69, 9.17) is 0 Å². The quantitative estimate of drug-likeness (QED) is 0.258. The normalized spacial score (nSPS) is 10.1. The van der Waals surface area contributed by atoms with Crippen molar-refractivity contribution < 1.29 is 0 Å². The van der Waals surface area contributed by atoms with Gasteiger partial charge in [-0.1, -0.05) is 84.4 Å². The Balaban J connectivity index is 0.000000126. The number of aromatic nitrogens is 2. The molecule has 0 saturated heterocycles. The highest BCUT2D eigenvalue weighted by Crippen LogP contribution is 2.25. The SMILES string of the molecule is Cc1ccc2ccccc2c1.c1ccc2cc(-c3nccs3)ccc2c1.c1cscn1. The van der Waals surface area contributed by atoms with E-state index in [2.05, 4.69) is 102 Å². The van der Waals surface area contributed by atoms with Crippen LogP contribution in [0.5, 0.6) is 0 Å². The Kier molecular flexibility index (Phi) is 7.16. The molecule has 0 bridgehead atoms. The largest absolute Gasteiger partial charge is 0.253 e. The van der Waals surface area contributed by atoms with E-state index in [1.54, 1.807) is 34.4 Å². The Morgan fingerprint density at radius 1 is 0.645 bits per heavy atom. The minimum atomic E-state index is 1.08. The molecular weight excluding hydrogens is 416 g/mol. The van der Waals surface area contributed by atoms with Crippen molar-refractivity contribution in [2.45, 2.75) is 6.92 Å². The summed E-state index contributed by atoms with van der Waals surface area (Å²) in [6, 6.07) is 29.8. The van der Waals surface area contributed by atoms with E-state index in [0.717, 1.165) is 5.01 Å². The van der Waals surface area contributed by atoms with Gasteiger partial charge in [0.2, 0.25) is 0 Å². The molecule has 0 aliphatic heterocycles. The maximum absolute atomic E-state index is 4.31. The van der Waals surface area contributed by atoms with Gasteiger partial charge in [-0.3, -0.25) is 4.98 Å². The van der Waals surface area contributed by atoms with E-state index in [1.165, 1.54) is 32.7 Å². The Labute approximate surface area is 190 Å². The highest BCUT2D eigenvalue weighted by molar-refractivity contribution is 7.13. The van der Waals surface area contributed by atoms with Crippen molar-refractivity contribution in [1.82, 2.24) is 9.97 Å². The fourth-order valence-electron chi connectivity index (χ4n) is 3.17. The zero-order valence-electron chi connectivity index (χ0n) is 17.2. The number of aryl methyl sites for hydroxylation is 1. The molecule has 0 radical (unpaired) electrons. The van der Waals surface area contributed by atoms with Gasteiger partial charge in [0.25, 0.3) is 0 Å². The van der Waals surface area contributed by atoms with E-state index in [9.17, 15) is 0 Å². The van der Waals surface area contributed by atoms with Crippen molar-refractivity contribution in [3.05, 3.63) is 119 Å². The maximum Gasteiger partial charge on any atom is 0.123 e. The molecule has 31 heavy (non-hydrogen) atoms. The van der Waals surface area contributed by atoms with Crippen LogP contribution in [0.4, 0.5) is 0 Å². The Bertz CT molecular complexity index is 1320. The second kappa shape index (κ2) is 10.6. The van der Waals surface area contributed by atoms with E-state index >= 15 is 0 Å². The van der Waals surface area contributed by atoms with E-state index in [-0.39, 0.29) is 0 Å². The Hall–Kier alpha value is -3.34. The standard InChI is InChI=1S/C13H9NS.C11H10.C3H3NS/c1-2-4-11-9-12(6-5-10(11)3-1)13-14-7-8-15-13;1-9-6-7-10-4-2-3-5-11(10)8-9;1-2-5-3-4-1/h1-9H;2-8H,1H3;1-3H. The van der Waals surface area contributed by atoms with Gasteiger partial charge in [-0.15, -0.1) is 22.7 Å². The Morgan fingerprint density at radius 2 is 1.32 bits per heavy atom. The van der Waals surface area contributed by atoms with Crippen LogP contribution in [0.15, 0.2) is 114 Å². The van der Waals surface area contributed by atoms with Crippen molar-refractivity contribution in [3.8, 4) is 10.6 Å². The summed E-state index contributed by atoms with van der Waals surface area (Å²) in [6.45, 7) is 2.12. The van der Waals surface area contributed by atoms with E-state index in [0.29, 0.717) is 0 Å². The van der Waals surface area contributed by atoms with Crippen LogP contribution in [0.2, 0.25) is 0 Å². The van der Waals surface area contributed by atoms with Gasteiger partial charge >= 0.3 is 0 Å². The lowest BCUT2D eigenvalue weighted by Gasteiger charge is -2.00. The average Bonchev–Trinajstić information content (AvgIpc) is 3.56. The minimum Gasteiger partial charge on any atom is -0.253 e. The molecule has 6 rings (SSSR count). The number of thiazole rings is 2. The molecule has 0 fully saturated rings. The van der Waals surface area contributed by atoms with Crippen molar-refractivity contribution in [2.24, 2.45) is 0 Å². The third-order valence-corrected chi connectivity index (χ3v) is 6.03. The molecule has 4 aromatic carbocycles. The smallest absolute Gasteiger partial charge is 0.123 e. The van der Waals surface area contributed by atoms with Gasteiger partial charge in [0.15, 0.2) is 0 Å². The lowest BCUT2D eigenvalue weighted by Crippen LogP contribution is -1.76. The first-order valence-electron chi connectivity index (χ1n) is 9.96. The molecule has 152 valence electrons.